The summed E-state index contributed by atoms with van der Waals surface area (Å²) in [5.41, 5.74) is 3.97. The first-order chi connectivity index (χ1) is 34.3. The second-order valence-corrected chi connectivity index (χ2v) is 20.1. The van der Waals surface area contributed by atoms with Gasteiger partial charge in [0.2, 0.25) is 11.8 Å². The summed E-state index contributed by atoms with van der Waals surface area (Å²) in [6, 6.07) is 13.7. The number of piperidine rings is 3. The van der Waals surface area contributed by atoms with Gasteiger partial charge in [-0.2, -0.15) is 14.9 Å². The predicted molar refractivity (Wildman–Crippen MR) is 272 cm³/mol. The van der Waals surface area contributed by atoms with Gasteiger partial charge in [0.15, 0.2) is 5.65 Å². The van der Waals surface area contributed by atoms with E-state index in [-0.39, 0.29) is 24.7 Å². The maximum atomic E-state index is 13.1. The Morgan fingerprint density at radius 1 is 0.886 bits per heavy atom. The van der Waals surface area contributed by atoms with Crippen LogP contribution in [-0.2, 0) is 13.0 Å². The number of aryl methyl sites for hydroxylation is 1. The van der Waals surface area contributed by atoms with Gasteiger partial charge in [-0.15, -0.1) is 0 Å². The summed E-state index contributed by atoms with van der Waals surface area (Å²) in [7, 11) is 0. The fourth-order valence-corrected chi connectivity index (χ4v) is 11.0. The molecule has 3 N–H and O–H groups in total. The number of fused-ring (bicyclic) bond motifs is 1. The number of carbonyl (C=O) groups is 1. The van der Waals surface area contributed by atoms with E-state index in [1.165, 1.54) is 25.7 Å². The minimum absolute atomic E-state index is 0.0432. The molecule has 9 rings (SSSR count). The molecule has 4 aliphatic rings. The van der Waals surface area contributed by atoms with E-state index < -0.39 is 0 Å². The van der Waals surface area contributed by atoms with Crippen LogP contribution in [0.2, 0.25) is 5.02 Å². The Hall–Kier alpha value is -5.76. The standard InChI is InChI=1S/C53H69ClN12O4/c1-2-40-35-60-66-48(29-49(62-51(40)66)65-21-4-3-7-44(65)20-26-67)56-31-39-8-15-50(57-32-39)69-27-5-6-37-16-22-63(23-17-37)36-38-18-24-64(25-19-38)53-58-33-42(34-59-53)52(68)61-43-10-13-45(14-11-43)70-46-12-9-41(30-55)47(54)28-46/h8-9,12,15,28-29,32-35,37-38,43-45,56,67H,2-7,10-11,13-14,16-27,31,36H2,1H3,(H,61,68)/t43?,44-,45?/m0/s1. The number of hydrogen-bond acceptors (Lipinski definition) is 14. The van der Waals surface area contributed by atoms with Crippen molar-refractivity contribution in [2.24, 2.45) is 11.8 Å². The van der Waals surface area contributed by atoms with Gasteiger partial charge in [-0.3, -0.25) is 4.79 Å². The molecule has 1 atom stereocenters. The van der Waals surface area contributed by atoms with Crippen molar-refractivity contribution in [2.45, 2.75) is 128 Å². The van der Waals surface area contributed by atoms with E-state index in [1.54, 1.807) is 30.6 Å². The Bertz CT molecular complexity index is 2510. The second kappa shape index (κ2) is 23.9. The number of likely N-dealkylation sites (tertiary alicyclic amines) is 1. The van der Waals surface area contributed by atoms with Crippen molar-refractivity contribution in [3.05, 3.63) is 88.5 Å². The van der Waals surface area contributed by atoms with E-state index in [0.29, 0.717) is 58.8 Å². The van der Waals surface area contributed by atoms with Gasteiger partial charge in [0.05, 0.1) is 35.1 Å². The maximum Gasteiger partial charge on any atom is 0.254 e. The molecule has 0 unspecified atom stereocenters. The molecule has 7 heterocycles. The number of amides is 1. The minimum atomic E-state index is -0.143. The summed E-state index contributed by atoms with van der Waals surface area (Å²) in [6.07, 6.45) is 22.3. The SMILES string of the molecule is CCc1cnn2c(NCc3ccc(OCCCC4CCN(CC5CCN(c6ncc(C(=O)NC7CCC(Oc8ccc(C#N)c(Cl)c8)CC7)cn6)CC5)CC4)nc3)cc(N3CCCC[C@H]3CCO)nc12. The third-order valence-electron chi connectivity index (χ3n) is 15.0. The molecular weight excluding hydrogens is 904 g/mol. The number of benzene rings is 1. The molecule has 1 amide bonds. The van der Waals surface area contributed by atoms with Crippen molar-refractivity contribution in [1.29, 1.82) is 5.26 Å². The molecule has 4 aromatic heterocycles. The largest absolute Gasteiger partial charge is 0.490 e. The quantitative estimate of drug-likeness (QED) is 0.0673. The fourth-order valence-electron chi connectivity index (χ4n) is 10.8. The number of aliphatic hydroxyl groups excluding tert-OH is 1. The van der Waals surface area contributed by atoms with E-state index in [9.17, 15) is 9.90 Å². The van der Waals surface area contributed by atoms with Gasteiger partial charge in [0, 0.05) is 93.8 Å². The number of nitriles is 1. The van der Waals surface area contributed by atoms with Crippen LogP contribution in [0.1, 0.15) is 124 Å². The van der Waals surface area contributed by atoms with Crippen LogP contribution in [0.25, 0.3) is 5.65 Å². The Morgan fingerprint density at radius 2 is 1.69 bits per heavy atom. The van der Waals surface area contributed by atoms with Crippen LogP contribution in [-0.4, -0.2) is 116 Å². The number of anilines is 3. The monoisotopic (exact) mass is 973 g/mol. The second-order valence-electron chi connectivity index (χ2n) is 19.7. The number of aromatic nitrogens is 6. The minimum Gasteiger partial charge on any atom is -0.490 e. The summed E-state index contributed by atoms with van der Waals surface area (Å²) in [6.45, 7) is 9.85. The summed E-state index contributed by atoms with van der Waals surface area (Å²) in [4.78, 5) is 39.3. The van der Waals surface area contributed by atoms with Gasteiger partial charge in [-0.05, 0) is 139 Å². The van der Waals surface area contributed by atoms with Crippen molar-refractivity contribution in [3.63, 3.8) is 0 Å². The molecule has 17 heteroatoms. The summed E-state index contributed by atoms with van der Waals surface area (Å²) < 4.78 is 14.1. The number of ether oxygens (including phenoxy) is 2. The lowest BCUT2D eigenvalue weighted by molar-refractivity contribution is 0.0893. The van der Waals surface area contributed by atoms with Crippen LogP contribution < -0.4 is 29.9 Å². The van der Waals surface area contributed by atoms with Crippen molar-refractivity contribution < 1.29 is 19.4 Å². The lowest BCUT2D eigenvalue weighted by atomic mass is 9.90. The molecule has 1 aliphatic carbocycles. The number of hydrogen-bond donors (Lipinski definition) is 3. The summed E-state index contributed by atoms with van der Waals surface area (Å²) >= 11 is 6.17. The average molecular weight is 974 g/mol. The Labute approximate surface area is 417 Å². The molecule has 0 radical (unpaired) electrons. The Morgan fingerprint density at radius 3 is 2.41 bits per heavy atom. The van der Waals surface area contributed by atoms with Gasteiger partial charge >= 0.3 is 0 Å². The van der Waals surface area contributed by atoms with E-state index in [2.05, 4.69) is 70.5 Å². The number of aliphatic hydroxyl groups is 1. The van der Waals surface area contributed by atoms with Crippen LogP contribution in [0.3, 0.4) is 0 Å². The van der Waals surface area contributed by atoms with Gasteiger partial charge in [-0.25, -0.2) is 19.9 Å². The molecular formula is C53H69ClN12O4. The zero-order valence-corrected chi connectivity index (χ0v) is 41.4. The van der Waals surface area contributed by atoms with Crippen LogP contribution in [0.15, 0.2) is 61.2 Å². The van der Waals surface area contributed by atoms with Crippen LogP contribution in [0.5, 0.6) is 11.6 Å². The number of nitrogens with one attached hydrogen (secondary N) is 2. The van der Waals surface area contributed by atoms with Crippen molar-refractivity contribution in [3.8, 4) is 17.7 Å². The highest BCUT2D eigenvalue weighted by Gasteiger charge is 2.28. The van der Waals surface area contributed by atoms with Gasteiger partial charge in [0.1, 0.15) is 23.5 Å². The lowest BCUT2D eigenvalue weighted by Crippen LogP contribution is -2.42. The zero-order chi connectivity index (χ0) is 48.2. The van der Waals surface area contributed by atoms with Gasteiger partial charge in [-0.1, -0.05) is 24.6 Å². The van der Waals surface area contributed by atoms with Crippen molar-refractivity contribution >= 4 is 40.7 Å². The lowest BCUT2D eigenvalue weighted by Gasteiger charge is -2.37. The summed E-state index contributed by atoms with van der Waals surface area (Å²) in [5, 5.41) is 30.7. The van der Waals surface area contributed by atoms with E-state index >= 15 is 0 Å². The number of pyridine rings is 1. The van der Waals surface area contributed by atoms with Crippen LogP contribution in [0, 0.1) is 23.2 Å². The molecule has 3 saturated heterocycles. The predicted octanol–water partition coefficient (Wildman–Crippen LogP) is 8.26. The number of rotatable bonds is 19. The first kappa shape index (κ1) is 49.2. The molecule has 1 aromatic carbocycles. The summed E-state index contributed by atoms with van der Waals surface area (Å²) in [5.74, 6) is 5.12. The first-order valence-electron chi connectivity index (χ1n) is 25.9. The molecule has 16 nitrogen and oxygen atoms in total. The first-order valence-corrected chi connectivity index (χ1v) is 26.2. The molecule has 4 fully saturated rings. The topological polar surface area (TPSA) is 182 Å². The van der Waals surface area contributed by atoms with Crippen molar-refractivity contribution in [2.75, 3.05) is 67.6 Å². The molecule has 3 aliphatic heterocycles. The number of nitrogens with zero attached hydrogens (tertiary/aromatic N) is 10. The fraction of sp³-hybridized carbons (Fsp3) is 0.566. The zero-order valence-electron chi connectivity index (χ0n) is 40.7. The number of halogens is 1. The van der Waals surface area contributed by atoms with Crippen molar-refractivity contribution in [1.82, 2.24) is 39.8 Å². The van der Waals surface area contributed by atoms with Gasteiger partial charge in [0.25, 0.3) is 5.91 Å². The molecule has 0 spiro atoms. The molecule has 5 aromatic rings. The Kier molecular flexibility index (Phi) is 16.8. The highest BCUT2D eigenvalue weighted by atomic mass is 35.5. The van der Waals surface area contributed by atoms with E-state index in [1.807, 2.05) is 23.0 Å². The normalized spacial score (nSPS) is 20.6. The third kappa shape index (κ3) is 12.6. The highest BCUT2D eigenvalue weighted by molar-refractivity contribution is 6.31. The van der Waals surface area contributed by atoms with Crippen LogP contribution >= 0.6 is 11.6 Å². The van der Waals surface area contributed by atoms with Gasteiger partial charge < -0.3 is 39.9 Å². The molecule has 372 valence electrons. The average Bonchev–Trinajstić information content (AvgIpc) is 3.82. The van der Waals surface area contributed by atoms with E-state index in [0.717, 1.165) is 144 Å². The maximum absolute atomic E-state index is 13.1. The smallest absolute Gasteiger partial charge is 0.254 e. The Balaban J connectivity index is 0.638. The molecule has 0 bridgehead atoms. The molecule has 1 saturated carbocycles. The number of carbonyl (C=O) groups excluding carboxylic acids is 1. The van der Waals surface area contributed by atoms with E-state index in [4.69, 9.17) is 31.3 Å². The highest BCUT2D eigenvalue weighted by Crippen LogP contribution is 2.31. The van der Waals surface area contributed by atoms with Crippen LogP contribution in [0.4, 0.5) is 17.6 Å². The molecule has 70 heavy (non-hydrogen) atoms. The third-order valence-corrected chi connectivity index (χ3v) is 15.3.